The quantitative estimate of drug-likeness (QED) is 0.454. The Morgan fingerprint density at radius 2 is 1.67 bits per heavy atom. The minimum absolute atomic E-state index is 0.212. The van der Waals surface area contributed by atoms with E-state index in [1.54, 1.807) is 30.3 Å². The highest BCUT2D eigenvalue weighted by atomic mass is 19.4. The van der Waals surface area contributed by atoms with Crippen LogP contribution in [0.4, 0.5) is 17.6 Å². The van der Waals surface area contributed by atoms with Crippen LogP contribution in [0.3, 0.4) is 0 Å². The second-order valence-corrected chi connectivity index (χ2v) is 4.30. The van der Waals surface area contributed by atoms with Crippen molar-refractivity contribution in [2.75, 3.05) is 0 Å². The summed E-state index contributed by atoms with van der Waals surface area (Å²) in [6, 6.07) is 11.0. The molecule has 2 rings (SSSR count). The molecule has 2 aromatic carbocycles. The van der Waals surface area contributed by atoms with Crippen molar-refractivity contribution in [3.63, 3.8) is 0 Å². The van der Waals surface area contributed by atoms with Gasteiger partial charge in [-0.1, -0.05) is 36.4 Å². The Morgan fingerprint density at radius 3 is 2.29 bits per heavy atom. The second-order valence-electron chi connectivity index (χ2n) is 4.30. The predicted molar refractivity (Wildman–Crippen MR) is 71.2 cm³/mol. The fourth-order valence-corrected chi connectivity index (χ4v) is 1.73. The number of hydrogen-bond acceptors (Lipinski definition) is 1. The second kappa shape index (κ2) is 5.91. The first kappa shape index (κ1) is 15.0. The van der Waals surface area contributed by atoms with Gasteiger partial charge in [-0.3, -0.25) is 4.79 Å². The smallest absolute Gasteiger partial charge is 0.289 e. The molecule has 0 amide bonds. The van der Waals surface area contributed by atoms with Crippen LogP contribution in [-0.4, -0.2) is 5.78 Å². The zero-order valence-corrected chi connectivity index (χ0v) is 10.7. The topological polar surface area (TPSA) is 17.1 Å². The van der Waals surface area contributed by atoms with Gasteiger partial charge in [0, 0.05) is 5.56 Å². The Bertz CT molecular complexity index is 672. The number of hydrogen-bond donors (Lipinski definition) is 0. The number of halogens is 4. The lowest BCUT2D eigenvalue weighted by molar-refractivity contribution is -0.140. The van der Waals surface area contributed by atoms with E-state index < -0.39 is 23.3 Å². The molecule has 0 unspecified atom stereocenters. The summed E-state index contributed by atoms with van der Waals surface area (Å²) >= 11 is 0. The van der Waals surface area contributed by atoms with E-state index in [1.165, 1.54) is 6.08 Å². The molecule has 5 heteroatoms. The molecular weight excluding hydrogens is 284 g/mol. The number of allylic oxidation sites excluding steroid dienone is 1. The van der Waals surface area contributed by atoms with E-state index in [1.807, 2.05) is 0 Å². The Labute approximate surface area is 118 Å². The van der Waals surface area contributed by atoms with Crippen LogP contribution < -0.4 is 0 Å². The van der Waals surface area contributed by atoms with Gasteiger partial charge in [-0.2, -0.15) is 13.2 Å². The van der Waals surface area contributed by atoms with Crippen molar-refractivity contribution in [2.24, 2.45) is 0 Å². The lowest BCUT2D eigenvalue weighted by Crippen LogP contribution is -2.09. The summed E-state index contributed by atoms with van der Waals surface area (Å²) in [5, 5.41) is 0. The van der Waals surface area contributed by atoms with E-state index in [2.05, 4.69) is 0 Å². The molecule has 0 spiro atoms. The summed E-state index contributed by atoms with van der Waals surface area (Å²) in [6.45, 7) is 0. The van der Waals surface area contributed by atoms with Gasteiger partial charge >= 0.3 is 6.18 Å². The summed E-state index contributed by atoms with van der Waals surface area (Å²) in [5.41, 5.74) is -0.915. The van der Waals surface area contributed by atoms with Crippen molar-refractivity contribution in [1.29, 1.82) is 0 Å². The first-order chi connectivity index (χ1) is 9.88. The van der Waals surface area contributed by atoms with Crippen molar-refractivity contribution in [3.05, 3.63) is 77.1 Å². The first-order valence-corrected chi connectivity index (χ1v) is 6.02. The van der Waals surface area contributed by atoms with Gasteiger partial charge in [0.2, 0.25) is 0 Å². The van der Waals surface area contributed by atoms with Crippen molar-refractivity contribution < 1.29 is 22.4 Å². The van der Waals surface area contributed by atoms with Crippen LogP contribution >= 0.6 is 0 Å². The van der Waals surface area contributed by atoms with E-state index in [-0.39, 0.29) is 5.56 Å². The molecule has 2 aromatic rings. The third-order valence-corrected chi connectivity index (χ3v) is 2.78. The fourth-order valence-electron chi connectivity index (χ4n) is 1.73. The van der Waals surface area contributed by atoms with Gasteiger partial charge < -0.3 is 0 Å². The summed E-state index contributed by atoms with van der Waals surface area (Å²) < 4.78 is 50.9. The van der Waals surface area contributed by atoms with Crippen molar-refractivity contribution in [2.45, 2.75) is 6.18 Å². The van der Waals surface area contributed by atoms with Crippen molar-refractivity contribution >= 4 is 11.9 Å². The van der Waals surface area contributed by atoms with Crippen molar-refractivity contribution in [3.8, 4) is 0 Å². The fraction of sp³-hybridized carbons (Fsp3) is 0.0625. The molecule has 0 aliphatic rings. The molecule has 0 saturated heterocycles. The van der Waals surface area contributed by atoms with Crippen LogP contribution in [-0.2, 0) is 6.18 Å². The highest BCUT2D eigenvalue weighted by molar-refractivity contribution is 6.06. The monoisotopic (exact) mass is 294 g/mol. The molecule has 0 fully saturated rings. The maximum Gasteiger partial charge on any atom is 0.419 e. The molecule has 0 radical (unpaired) electrons. The molecule has 21 heavy (non-hydrogen) atoms. The molecule has 0 aromatic heterocycles. The average molecular weight is 294 g/mol. The lowest BCUT2D eigenvalue weighted by atomic mass is 10.1. The van der Waals surface area contributed by atoms with Crippen LogP contribution in [0.15, 0.2) is 54.6 Å². The standard InChI is InChI=1S/C16H10F4O/c17-14-8-7-12(10-13(14)16(18,19)20)15(21)9-6-11-4-2-1-3-5-11/h1-10H/b9-6+. The zero-order valence-electron chi connectivity index (χ0n) is 10.7. The molecular formula is C16H10F4O. The molecule has 1 nitrogen and oxygen atoms in total. The summed E-state index contributed by atoms with van der Waals surface area (Å²) in [6.07, 6.45) is -2.19. The normalized spacial score (nSPS) is 11.8. The Hall–Kier alpha value is -2.43. The zero-order chi connectivity index (χ0) is 15.5. The first-order valence-electron chi connectivity index (χ1n) is 6.02. The third kappa shape index (κ3) is 3.78. The van der Waals surface area contributed by atoms with Gasteiger partial charge in [0.15, 0.2) is 5.78 Å². The molecule has 0 heterocycles. The molecule has 0 aliphatic heterocycles. The van der Waals surface area contributed by atoms with Gasteiger partial charge in [0.05, 0.1) is 5.56 Å². The Kier molecular flexibility index (Phi) is 4.21. The number of rotatable bonds is 3. The van der Waals surface area contributed by atoms with E-state index in [0.29, 0.717) is 12.1 Å². The number of alkyl halides is 3. The molecule has 108 valence electrons. The summed E-state index contributed by atoms with van der Waals surface area (Å²) in [5.74, 6) is -2.02. The number of carbonyl (C=O) groups is 1. The van der Waals surface area contributed by atoms with Gasteiger partial charge in [-0.05, 0) is 29.8 Å². The van der Waals surface area contributed by atoms with E-state index >= 15 is 0 Å². The van der Waals surface area contributed by atoms with Gasteiger partial charge in [0.1, 0.15) is 5.82 Å². The van der Waals surface area contributed by atoms with E-state index in [0.717, 1.165) is 17.7 Å². The Balaban J connectivity index is 2.26. The third-order valence-electron chi connectivity index (χ3n) is 2.78. The van der Waals surface area contributed by atoms with Crippen LogP contribution in [0.5, 0.6) is 0 Å². The largest absolute Gasteiger partial charge is 0.419 e. The van der Waals surface area contributed by atoms with Crippen LogP contribution in [0.2, 0.25) is 0 Å². The highest BCUT2D eigenvalue weighted by Crippen LogP contribution is 2.32. The molecule has 0 aliphatic carbocycles. The maximum atomic E-state index is 13.1. The van der Waals surface area contributed by atoms with Gasteiger partial charge in [-0.25, -0.2) is 4.39 Å². The maximum absolute atomic E-state index is 13.1. The molecule has 0 bridgehead atoms. The minimum atomic E-state index is -4.83. The highest BCUT2D eigenvalue weighted by Gasteiger charge is 2.34. The number of benzene rings is 2. The van der Waals surface area contributed by atoms with Crippen LogP contribution in [0.1, 0.15) is 21.5 Å². The number of ketones is 1. The van der Waals surface area contributed by atoms with Gasteiger partial charge in [0.25, 0.3) is 0 Å². The predicted octanol–water partition coefficient (Wildman–Crippen LogP) is 4.74. The molecule has 0 N–H and O–H groups in total. The van der Waals surface area contributed by atoms with Crippen LogP contribution in [0, 0.1) is 5.82 Å². The van der Waals surface area contributed by atoms with Crippen LogP contribution in [0.25, 0.3) is 6.08 Å². The molecule has 0 saturated carbocycles. The number of carbonyl (C=O) groups excluding carboxylic acids is 1. The Morgan fingerprint density at radius 1 is 1.00 bits per heavy atom. The minimum Gasteiger partial charge on any atom is -0.289 e. The van der Waals surface area contributed by atoms with Crippen molar-refractivity contribution in [1.82, 2.24) is 0 Å². The summed E-state index contributed by atoms with van der Waals surface area (Å²) in [7, 11) is 0. The van der Waals surface area contributed by atoms with E-state index in [9.17, 15) is 22.4 Å². The summed E-state index contributed by atoms with van der Waals surface area (Å²) in [4.78, 5) is 11.8. The van der Waals surface area contributed by atoms with Gasteiger partial charge in [-0.15, -0.1) is 0 Å². The molecule has 0 atom stereocenters. The lowest BCUT2D eigenvalue weighted by Gasteiger charge is -2.08. The average Bonchev–Trinajstić information content (AvgIpc) is 2.45. The SMILES string of the molecule is O=C(/C=C/c1ccccc1)c1ccc(F)c(C(F)(F)F)c1. The van der Waals surface area contributed by atoms with E-state index in [4.69, 9.17) is 0 Å².